The molecule has 23 heavy (non-hydrogen) atoms. The van der Waals surface area contributed by atoms with Crippen molar-refractivity contribution in [2.45, 2.75) is 25.1 Å². The van der Waals surface area contributed by atoms with Crippen LogP contribution in [0, 0.1) is 0 Å². The van der Waals surface area contributed by atoms with Crippen LogP contribution in [0.15, 0.2) is 48.5 Å². The van der Waals surface area contributed by atoms with E-state index in [4.69, 9.17) is 9.47 Å². The second kappa shape index (κ2) is 7.92. The number of carbonyl (C=O) groups is 2. The quantitative estimate of drug-likeness (QED) is 0.446. The van der Waals surface area contributed by atoms with Crippen molar-refractivity contribution in [1.82, 2.24) is 0 Å². The number of halogens is 1. The summed E-state index contributed by atoms with van der Waals surface area (Å²) in [6.45, 7) is 3.70. The first-order chi connectivity index (χ1) is 11.0. The molecule has 0 amide bonds. The van der Waals surface area contributed by atoms with Gasteiger partial charge in [0.05, 0.1) is 5.56 Å². The van der Waals surface area contributed by atoms with Crippen molar-refractivity contribution < 1.29 is 19.1 Å². The predicted octanol–water partition coefficient (Wildman–Crippen LogP) is 4.16. The van der Waals surface area contributed by atoms with Crippen LogP contribution in [0.25, 0.3) is 0 Å². The van der Waals surface area contributed by atoms with E-state index in [9.17, 15) is 9.59 Å². The Morgan fingerprint density at radius 1 is 1.00 bits per heavy atom. The fourth-order valence-corrected chi connectivity index (χ4v) is 1.94. The van der Waals surface area contributed by atoms with Gasteiger partial charge < -0.3 is 9.47 Å². The maximum Gasteiger partial charge on any atom is 0.343 e. The smallest absolute Gasteiger partial charge is 0.343 e. The zero-order chi connectivity index (χ0) is 16.8. The van der Waals surface area contributed by atoms with Gasteiger partial charge in [-0.15, -0.1) is 0 Å². The van der Waals surface area contributed by atoms with Gasteiger partial charge in [-0.05, 0) is 43.2 Å². The molecule has 0 fully saturated rings. The Hall–Kier alpha value is -2.14. The van der Waals surface area contributed by atoms with Crippen LogP contribution in [-0.2, 0) is 11.2 Å². The molecule has 0 saturated carbocycles. The van der Waals surface area contributed by atoms with E-state index < -0.39 is 16.8 Å². The molecule has 0 spiro atoms. The van der Waals surface area contributed by atoms with Crippen LogP contribution < -0.4 is 9.47 Å². The van der Waals surface area contributed by atoms with E-state index in [2.05, 4.69) is 15.9 Å². The molecule has 120 valence electrons. The molecule has 2 aromatic rings. The largest absolute Gasteiger partial charge is 0.422 e. The van der Waals surface area contributed by atoms with Gasteiger partial charge in [0.2, 0.25) is 0 Å². The first kappa shape index (κ1) is 17.2. The molecular formula is C18H17BrO4. The van der Waals surface area contributed by atoms with Gasteiger partial charge in [-0.3, -0.25) is 4.79 Å². The van der Waals surface area contributed by atoms with Crippen molar-refractivity contribution >= 4 is 27.9 Å². The highest BCUT2D eigenvalue weighted by atomic mass is 79.9. The van der Waals surface area contributed by atoms with E-state index in [0.29, 0.717) is 5.56 Å². The Kier molecular flexibility index (Phi) is 5.93. The molecule has 0 saturated heterocycles. The topological polar surface area (TPSA) is 52.6 Å². The van der Waals surface area contributed by atoms with Crippen LogP contribution in [0.2, 0.25) is 0 Å². The monoisotopic (exact) mass is 376 g/mol. The molecule has 0 radical (unpaired) electrons. The number of hydrogen-bond acceptors (Lipinski definition) is 4. The zero-order valence-corrected chi connectivity index (χ0v) is 14.5. The van der Waals surface area contributed by atoms with E-state index in [0.717, 1.165) is 12.0 Å². The molecule has 0 aliphatic carbocycles. The Morgan fingerprint density at radius 2 is 1.57 bits per heavy atom. The van der Waals surface area contributed by atoms with Gasteiger partial charge >= 0.3 is 11.9 Å². The lowest BCUT2D eigenvalue weighted by Crippen LogP contribution is -2.18. The Labute approximate surface area is 143 Å². The van der Waals surface area contributed by atoms with Gasteiger partial charge in [-0.25, -0.2) is 4.79 Å². The molecule has 4 nitrogen and oxygen atoms in total. The summed E-state index contributed by atoms with van der Waals surface area (Å²) in [6.07, 6.45) is 0.902. The van der Waals surface area contributed by atoms with Crippen LogP contribution in [0.1, 0.15) is 29.8 Å². The van der Waals surface area contributed by atoms with Crippen LogP contribution in [-0.4, -0.2) is 16.8 Å². The van der Waals surface area contributed by atoms with Gasteiger partial charge in [-0.2, -0.15) is 0 Å². The van der Waals surface area contributed by atoms with E-state index in [1.165, 1.54) is 0 Å². The lowest BCUT2D eigenvalue weighted by molar-refractivity contribution is -0.133. The Balaban J connectivity index is 2.15. The van der Waals surface area contributed by atoms with Gasteiger partial charge in [0, 0.05) is 0 Å². The number of para-hydroxylation sites is 2. The number of benzene rings is 2. The average molecular weight is 377 g/mol. The Morgan fingerprint density at radius 3 is 2.09 bits per heavy atom. The summed E-state index contributed by atoms with van der Waals surface area (Å²) >= 11 is 3.14. The third-order valence-corrected chi connectivity index (χ3v) is 3.56. The first-order valence-electron chi connectivity index (χ1n) is 7.27. The average Bonchev–Trinajstić information content (AvgIpc) is 2.56. The molecule has 0 heterocycles. The molecule has 2 aromatic carbocycles. The zero-order valence-electron chi connectivity index (χ0n) is 12.9. The molecule has 5 heteroatoms. The maximum atomic E-state index is 12.2. The molecule has 1 atom stereocenters. The molecule has 0 aromatic heterocycles. The number of ether oxygens (including phenoxy) is 2. The highest BCUT2D eigenvalue weighted by Crippen LogP contribution is 2.28. The number of esters is 2. The minimum absolute atomic E-state index is 0.207. The maximum absolute atomic E-state index is 12.2. The van der Waals surface area contributed by atoms with Crippen molar-refractivity contribution in [2.75, 3.05) is 0 Å². The second-order valence-electron chi connectivity index (χ2n) is 4.92. The second-order valence-corrected chi connectivity index (χ2v) is 6.30. The lowest BCUT2D eigenvalue weighted by Gasteiger charge is -2.11. The van der Waals surface area contributed by atoms with Crippen LogP contribution >= 0.6 is 15.9 Å². The highest BCUT2D eigenvalue weighted by molar-refractivity contribution is 9.10. The summed E-state index contributed by atoms with van der Waals surface area (Å²) in [6, 6.07) is 13.8. The fourth-order valence-electron chi connectivity index (χ4n) is 1.84. The minimum atomic E-state index is -0.497. The number of alkyl halides is 1. The number of rotatable bonds is 5. The van der Waals surface area contributed by atoms with Gasteiger partial charge in [0.15, 0.2) is 11.5 Å². The number of hydrogen-bond donors (Lipinski definition) is 0. The molecule has 1 unspecified atom stereocenters. The minimum Gasteiger partial charge on any atom is -0.422 e. The van der Waals surface area contributed by atoms with E-state index in [1.54, 1.807) is 43.3 Å². The van der Waals surface area contributed by atoms with Gasteiger partial charge in [-0.1, -0.05) is 47.1 Å². The Bertz CT molecular complexity index is 692. The predicted molar refractivity (Wildman–Crippen MR) is 91.2 cm³/mol. The van der Waals surface area contributed by atoms with Gasteiger partial charge in [0.25, 0.3) is 0 Å². The molecule has 0 aliphatic rings. The van der Waals surface area contributed by atoms with Crippen molar-refractivity contribution in [3.63, 3.8) is 0 Å². The normalized spacial score (nSPS) is 11.6. The summed E-state index contributed by atoms with van der Waals surface area (Å²) in [4.78, 5) is 23.4. The number of aryl methyl sites for hydroxylation is 1. The molecule has 0 aliphatic heterocycles. The van der Waals surface area contributed by atoms with Crippen molar-refractivity contribution in [3.8, 4) is 11.5 Å². The SMILES string of the molecule is CCc1ccc(C(=O)Oc2ccccc2OC(=O)C(C)Br)cc1. The fraction of sp³-hybridized carbons (Fsp3) is 0.222. The van der Waals surface area contributed by atoms with Crippen molar-refractivity contribution in [3.05, 3.63) is 59.7 Å². The third-order valence-electron chi connectivity index (χ3n) is 3.19. The third kappa shape index (κ3) is 4.66. The van der Waals surface area contributed by atoms with Crippen LogP contribution in [0.5, 0.6) is 11.5 Å². The van der Waals surface area contributed by atoms with Crippen LogP contribution in [0.4, 0.5) is 0 Å². The van der Waals surface area contributed by atoms with Crippen molar-refractivity contribution in [2.24, 2.45) is 0 Å². The van der Waals surface area contributed by atoms with Gasteiger partial charge in [0.1, 0.15) is 4.83 Å². The first-order valence-corrected chi connectivity index (χ1v) is 8.18. The van der Waals surface area contributed by atoms with E-state index >= 15 is 0 Å². The standard InChI is InChI=1S/C18H17BrO4/c1-3-13-8-10-14(11-9-13)18(21)23-16-7-5-4-6-15(16)22-17(20)12(2)19/h4-12H,3H2,1-2H3. The summed E-state index contributed by atoms with van der Waals surface area (Å²) < 4.78 is 10.6. The van der Waals surface area contributed by atoms with E-state index in [-0.39, 0.29) is 11.5 Å². The lowest BCUT2D eigenvalue weighted by atomic mass is 10.1. The summed E-state index contributed by atoms with van der Waals surface area (Å²) in [5.74, 6) is -0.537. The highest BCUT2D eigenvalue weighted by Gasteiger charge is 2.17. The summed E-state index contributed by atoms with van der Waals surface area (Å²) in [5.41, 5.74) is 1.58. The van der Waals surface area contributed by atoms with Crippen LogP contribution in [0.3, 0.4) is 0 Å². The summed E-state index contributed by atoms with van der Waals surface area (Å²) in [7, 11) is 0. The molecular weight excluding hydrogens is 360 g/mol. The molecule has 0 N–H and O–H groups in total. The summed E-state index contributed by atoms with van der Waals surface area (Å²) in [5, 5.41) is 0. The van der Waals surface area contributed by atoms with E-state index in [1.807, 2.05) is 19.1 Å². The molecule has 0 bridgehead atoms. The molecule has 2 rings (SSSR count). The number of carbonyl (C=O) groups excluding carboxylic acids is 2. The van der Waals surface area contributed by atoms with Crippen molar-refractivity contribution in [1.29, 1.82) is 0 Å².